The molecule has 138 valence electrons. The van der Waals surface area contributed by atoms with Crippen molar-refractivity contribution in [3.8, 4) is 0 Å². The Labute approximate surface area is 158 Å². The zero-order valence-electron chi connectivity index (χ0n) is 14.8. The van der Waals surface area contributed by atoms with Crippen molar-refractivity contribution in [3.63, 3.8) is 0 Å². The van der Waals surface area contributed by atoms with Crippen LogP contribution in [0.25, 0.3) is 0 Å². The number of anilines is 2. The standard InChI is InChI=1S/C20H22ClFN2O2/c1-2-26-20(25)14-15-3-8-19(18(22)13-15)24-11-9-23(10-12-24)17-6-4-16(21)5-7-17/h3-8,13H,2,9-12,14H2,1H3. The topological polar surface area (TPSA) is 32.8 Å². The number of carbonyl (C=O) groups is 1. The number of ether oxygens (including phenoxy) is 1. The van der Waals surface area contributed by atoms with Crippen LogP contribution in [0.1, 0.15) is 12.5 Å². The van der Waals surface area contributed by atoms with Gasteiger partial charge in [0.05, 0.1) is 18.7 Å². The molecule has 1 aliphatic heterocycles. The summed E-state index contributed by atoms with van der Waals surface area (Å²) in [7, 11) is 0. The maximum absolute atomic E-state index is 14.5. The van der Waals surface area contributed by atoms with Gasteiger partial charge in [-0.3, -0.25) is 4.79 Å². The highest BCUT2D eigenvalue weighted by atomic mass is 35.5. The summed E-state index contributed by atoms with van der Waals surface area (Å²) in [6, 6.07) is 12.7. The second kappa shape index (κ2) is 8.41. The van der Waals surface area contributed by atoms with E-state index in [0.29, 0.717) is 17.9 Å². The van der Waals surface area contributed by atoms with E-state index >= 15 is 0 Å². The fraction of sp³-hybridized carbons (Fsp3) is 0.350. The molecule has 0 radical (unpaired) electrons. The van der Waals surface area contributed by atoms with Crippen molar-refractivity contribution in [2.75, 3.05) is 42.6 Å². The first-order chi connectivity index (χ1) is 12.6. The van der Waals surface area contributed by atoms with Gasteiger partial charge in [0.2, 0.25) is 0 Å². The number of nitrogens with zero attached hydrogens (tertiary/aromatic N) is 2. The van der Waals surface area contributed by atoms with Gasteiger partial charge in [-0.15, -0.1) is 0 Å². The Morgan fingerprint density at radius 2 is 1.73 bits per heavy atom. The summed E-state index contributed by atoms with van der Waals surface area (Å²) < 4.78 is 19.4. The van der Waals surface area contributed by atoms with Crippen molar-refractivity contribution in [1.29, 1.82) is 0 Å². The normalized spacial score (nSPS) is 14.4. The summed E-state index contributed by atoms with van der Waals surface area (Å²) in [6.07, 6.45) is 0.0926. The Bertz CT molecular complexity index is 759. The molecule has 2 aromatic rings. The molecule has 0 aromatic heterocycles. The predicted octanol–water partition coefficient (Wildman–Crippen LogP) is 3.91. The van der Waals surface area contributed by atoms with Crippen LogP contribution in [-0.4, -0.2) is 38.8 Å². The smallest absolute Gasteiger partial charge is 0.310 e. The molecule has 6 heteroatoms. The van der Waals surface area contributed by atoms with Crippen LogP contribution in [0.2, 0.25) is 5.02 Å². The molecule has 0 N–H and O–H groups in total. The van der Waals surface area contributed by atoms with E-state index in [-0.39, 0.29) is 18.2 Å². The molecule has 0 spiro atoms. The third kappa shape index (κ3) is 4.47. The highest BCUT2D eigenvalue weighted by Gasteiger charge is 2.20. The number of halogens is 2. The molecule has 1 saturated heterocycles. The molecule has 0 unspecified atom stereocenters. The third-order valence-corrected chi connectivity index (χ3v) is 4.73. The first-order valence-corrected chi connectivity index (χ1v) is 9.14. The van der Waals surface area contributed by atoms with E-state index in [1.54, 1.807) is 19.1 Å². The largest absolute Gasteiger partial charge is 0.466 e. The van der Waals surface area contributed by atoms with Crippen molar-refractivity contribution in [2.45, 2.75) is 13.3 Å². The lowest BCUT2D eigenvalue weighted by atomic mass is 10.1. The fourth-order valence-corrected chi connectivity index (χ4v) is 3.28. The van der Waals surface area contributed by atoms with Crippen LogP contribution in [0.4, 0.5) is 15.8 Å². The Kier molecular flexibility index (Phi) is 5.99. The Balaban J connectivity index is 1.62. The van der Waals surface area contributed by atoms with E-state index in [1.807, 2.05) is 29.2 Å². The molecule has 1 aliphatic rings. The summed E-state index contributed by atoms with van der Waals surface area (Å²) in [5.41, 5.74) is 2.33. The Morgan fingerprint density at radius 3 is 2.35 bits per heavy atom. The van der Waals surface area contributed by atoms with Crippen LogP contribution in [0, 0.1) is 5.82 Å². The first-order valence-electron chi connectivity index (χ1n) is 8.76. The van der Waals surface area contributed by atoms with Gasteiger partial charge in [0.25, 0.3) is 0 Å². The first kappa shape index (κ1) is 18.5. The van der Waals surface area contributed by atoms with Gasteiger partial charge in [-0.05, 0) is 48.9 Å². The van der Waals surface area contributed by atoms with E-state index < -0.39 is 0 Å². The van der Waals surface area contributed by atoms with Gasteiger partial charge >= 0.3 is 5.97 Å². The van der Waals surface area contributed by atoms with Crippen LogP contribution in [-0.2, 0) is 16.0 Å². The number of rotatable bonds is 5. The summed E-state index contributed by atoms with van der Waals surface area (Å²) in [5.74, 6) is -0.636. The SMILES string of the molecule is CCOC(=O)Cc1ccc(N2CCN(c3ccc(Cl)cc3)CC2)c(F)c1. The van der Waals surface area contributed by atoms with E-state index in [0.717, 1.165) is 36.9 Å². The predicted molar refractivity (Wildman–Crippen MR) is 103 cm³/mol. The molecule has 0 saturated carbocycles. The summed E-state index contributed by atoms with van der Waals surface area (Å²) >= 11 is 5.94. The minimum Gasteiger partial charge on any atom is -0.466 e. The molecular weight excluding hydrogens is 355 g/mol. The second-order valence-electron chi connectivity index (χ2n) is 6.22. The quantitative estimate of drug-likeness (QED) is 0.741. The maximum Gasteiger partial charge on any atom is 0.310 e. The molecule has 2 aromatic carbocycles. The number of piperazine rings is 1. The minimum atomic E-state index is -0.337. The minimum absolute atomic E-state index is 0.0926. The Morgan fingerprint density at radius 1 is 1.08 bits per heavy atom. The third-order valence-electron chi connectivity index (χ3n) is 4.48. The summed E-state index contributed by atoms with van der Waals surface area (Å²) in [4.78, 5) is 15.8. The van der Waals surface area contributed by atoms with Crippen LogP contribution < -0.4 is 9.80 Å². The zero-order chi connectivity index (χ0) is 18.5. The van der Waals surface area contributed by atoms with Crippen LogP contribution >= 0.6 is 11.6 Å². The van der Waals surface area contributed by atoms with Crippen molar-refractivity contribution in [1.82, 2.24) is 0 Å². The summed E-state index contributed by atoms with van der Waals surface area (Å²) in [6.45, 7) is 5.17. The van der Waals surface area contributed by atoms with Gasteiger partial charge in [0.1, 0.15) is 5.82 Å². The molecule has 0 atom stereocenters. The number of hydrogen-bond acceptors (Lipinski definition) is 4. The van der Waals surface area contributed by atoms with Gasteiger partial charge in [0, 0.05) is 36.9 Å². The molecular formula is C20H22ClFN2O2. The lowest BCUT2D eigenvalue weighted by Crippen LogP contribution is -2.46. The zero-order valence-corrected chi connectivity index (χ0v) is 15.5. The Hall–Kier alpha value is -2.27. The lowest BCUT2D eigenvalue weighted by Gasteiger charge is -2.37. The van der Waals surface area contributed by atoms with Gasteiger partial charge in [-0.1, -0.05) is 17.7 Å². The van der Waals surface area contributed by atoms with Crippen LogP contribution in [0.15, 0.2) is 42.5 Å². The number of benzene rings is 2. The number of esters is 1. The molecule has 26 heavy (non-hydrogen) atoms. The van der Waals surface area contributed by atoms with E-state index in [4.69, 9.17) is 16.3 Å². The summed E-state index contributed by atoms with van der Waals surface area (Å²) in [5, 5.41) is 0.720. The molecule has 4 nitrogen and oxygen atoms in total. The lowest BCUT2D eigenvalue weighted by molar-refractivity contribution is -0.142. The van der Waals surface area contributed by atoms with E-state index in [1.165, 1.54) is 6.07 Å². The fourth-order valence-electron chi connectivity index (χ4n) is 3.15. The average Bonchev–Trinajstić information content (AvgIpc) is 2.63. The molecule has 0 bridgehead atoms. The molecule has 3 rings (SSSR count). The molecule has 0 aliphatic carbocycles. The molecule has 0 amide bonds. The highest BCUT2D eigenvalue weighted by molar-refractivity contribution is 6.30. The number of hydrogen-bond donors (Lipinski definition) is 0. The van der Waals surface area contributed by atoms with Gasteiger partial charge < -0.3 is 14.5 Å². The molecule has 1 heterocycles. The van der Waals surface area contributed by atoms with E-state index in [2.05, 4.69) is 4.90 Å². The monoisotopic (exact) mass is 376 g/mol. The van der Waals surface area contributed by atoms with Crippen molar-refractivity contribution < 1.29 is 13.9 Å². The molecule has 1 fully saturated rings. The number of carbonyl (C=O) groups excluding carboxylic acids is 1. The maximum atomic E-state index is 14.5. The van der Waals surface area contributed by atoms with Gasteiger partial charge in [-0.25, -0.2) is 4.39 Å². The van der Waals surface area contributed by atoms with Crippen molar-refractivity contribution in [2.24, 2.45) is 0 Å². The van der Waals surface area contributed by atoms with Crippen molar-refractivity contribution in [3.05, 3.63) is 58.9 Å². The second-order valence-corrected chi connectivity index (χ2v) is 6.65. The van der Waals surface area contributed by atoms with Crippen LogP contribution in [0.3, 0.4) is 0 Å². The van der Waals surface area contributed by atoms with Crippen LogP contribution in [0.5, 0.6) is 0 Å². The van der Waals surface area contributed by atoms with Crippen molar-refractivity contribution >= 4 is 28.9 Å². The van der Waals surface area contributed by atoms with E-state index in [9.17, 15) is 9.18 Å². The highest BCUT2D eigenvalue weighted by Crippen LogP contribution is 2.25. The van der Waals surface area contributed by atoms with Gasteiger partial charge in [0.15, 0.2) is 0 Å². The average molecular weight is 377 g/mol. The van der Waals surface area contributed by atoms with Gasteiger partial charge in [-0.2, -0.15) is 0 Å².